The van der Waals surface area contributed by atoms with Gasteiger partial charge in [-0.1, -0.05) is 55.1 Å². The number of Topliss-reactive ketones (excluding diaryl/α,β-unsaturated/α-hetero) is 1. The van der Waals surface area contributed by atoms with E-state index in [1.54, 1.807) is 0 Å². The van der Waals surface area contributed by atoms with E-state index in [1.165, 1.54) is 12.8 Å². The molecule has 1 aliphatic carbocycles. The first-order valence-corrected chi connectivity index (χ1v) is 6.98. The molecule has 1 atom stereocenters. The summed E-state index contributed by atoms with van der Waals surface area (Å²) in [7, 11) is 0. The number of rotatable bonds is 6. The van der Waals surface area contributed by atoms with Crippen molar-refractivity contribution in [2.75, 3.05) is 0 Å². The number of carbonyl (C=O) groups excluding carboxylic acids is 1. The lowest BCUT2D eigenvalue weighted by atomic mass is 9.96. The standard InChI is InChI=1S/C13H20Cl2O2/c1-2-3-4-5-6-7-8-12(17)9-10-13(14,15)11(12)16/h6-7,17H,2-5,8-10H2,1H3/b7-6-. The van der Waals surface area contributed by atoms with Crippen LogP contribution in [0.15, 0.2) is 12.2 Å². The Bertz CT molecular complexity index is 300. The van der Waals surface area contributed by atoms with E-state index in [1.807, 2.05) is 12.2 Å². The lowest BCUT2D eigenvalue weighted by Gasteiger charge is -2.19. The zero-order valence-corrected chi connectivity index (χ0v) is 11.7. The second-order valence-corrected chi connectivity index (χ2v) is 6.22. The number of alkyl halides is 2. The predicted octanol–water partition coefficient (Wildman–Crippen LogP) is 3.78. The van der Waals surface area contributed by atoms with Gasteiger partial charge < -0.3 is 5.11 Å². The fourth-order valence-corrected chi connectivity index (χ4v) is 2.58. The van der Waals surface area contributed by atoms with Gasteiger partial charge in [-0.2, -0.15) is 0 Å². The maximum absolute atomic E-state index is 11.8. The van der Waals surface area contributed by atoms with Crippen molar-refractivity contribution in [3.05, 3.63) is 12.2 Å². The van der Waals surface area contributed by atoms with Gasteiger partial charge in [0.25, 0.3) is 0 Å². The third-order valence-electron chi connectivity index (χ3n) is 3.20. The summed E-state index contributed by atoms with van der Waals surface area (Å²) < 4.78 is -1.40. The molecule has 1 N–H and O–H groups in total. The molecule has 0 spiro atoms. The molecule has 0 aliphatic heterocycles. The largest absolute Gasteiger partial charge is 0.382 e. The molecule has 0 heterocycles. The second kappa shape index (κ2) is 6.21. The van der Waals surface area contributed by atoms with Crippen molar-refractivity contribution in [2.45, 2.75) is 61.8 Å². The van der Waals surface area contributed by atoms with Crippen molar-refractivity contribution < 1.29 is 9.90 Å². The molecule has 1 fully saturated rings. The molecule has 0 aromatic rings. The van der Waals surface area contributed by atoms with Crippen LogP contribution >= 0.6 is 23.2 Å². The Morgan fingerprint density at radius 2 is 2.00 bits per heavy atom. The highest BCUT2D eigenvalue weighted by atomic mass is 35.5. The second-order valence-electron chi connectivity index (χ2n) is 4.74. The van der Waals surface area contributed by atoms with Crippen LogP contribution in [0.3, 0.4) is 0 Å². The first-order valence-electron chi connectivity index (χ1n) is 6.22. The van der Waals surface area contributed by atoms with Gasteiger partial charge in [-0.15, -0.1) is 0 Å². The van der Waals surface area contributed by atoms with Crippen LogP contribution in [0.2, 0.25) is 0 Å². The Morgan fingerprint density at radius 1 is 1.29 bits per heavy atom. The molecule has 17 heavy (non-hydrogen) atoms. The van der Waals surface area contributed by atoms with Gasteiger partial charge in [0.2, 0.25) is 0 Å². The van der Waals surface area contributed by atoms with E-state index in [4.69, 9.17) is 23.2 Å². The number of carbonyl (C=O) groups is 1. The van der Waals surface area contributed by atoms with Crippen LogP contribution in [0.5, 0.6) is 0 Å². The summed E-state index contributed by atoms with van der Waals surface area (Å²) in [5.41, 5.74) is -1.36. The smallest absolute Gasteiger partial charge is 0.200 e. The van der Waals surface area contributed by atoms with Gasteiger partial charge in [-0.3, -0.25) is 4.79 Å². The van der Waals surface area contributed by atoms with E-state index >= 15 is 0 Å². The Morgan fingerprint density at radius 3 is 2.53 bits per heavy atom. The van der Waals surface area contributed by atoms with Crippen LogP contribution in [0, 0.1) is 0 Å². The first-order chi connectivity index (χ1) is 7.92. The third-order valence-corrected chi connectivity index (χ3v) is 3.93. The number of unbranched alkanes of at least 4 members (excludes halogenated alkanes) is 3. The number of hydrogen-bond donors (Lipinski definition) is 1. The van der Waals surface area contributed by atoms with E-state index in [0.29, 0.717) is 19.3 Å². The Balaban J connectivity index is 2.39. The molecule has 98 valence electrons. The summed E-state index contributed by atoms with van der Waals surface area (Å²) >= 11 is 11.6. The van der Waals surface area contributed by atoms with E-state index in [9.17, 15) is 9.90 Å². The average Bonchev–Trinajstić information content (AvgIpc) is 2.49. The topological polar surface area (TPSA) is 37.3 Å². The van der Waals surface area contributed by atoms with Crippen molar-refractivity contribution in [1.82, 2.24) is 0 Å². The lowest BCUT2D eigenvalue weighted by molar-refractivity contribution is -0.133. The fourth-order valence-electron chi connectivity index (χ4n) is 2.03. The molecule has 1 rings (SSSR count). The monoisotopic (exact) mass is 278 g/mol. The minimum Gasteiger partial charge on any atom is -0.382 e. The fraction of sp³-hybridized carbons (Fsp3) is 0.769. The normalized spacial score (nSPS) is 28.1. The van der Waals surface area contributed by atoms with Crippen LogP contribution in [-0.4, -0.2) is 20.8 Å². The molecule has 0 aromatic carbocycles. The van der Waals surface area contributed by atoms with Crippen molar-refractivity contribution in [1.29, 1.82) is 0 Å². The average molecular weight is 279 g/mol. The number of allylic oxidation sites excluding steroid dienone is 1. The highest BCUT2D eigenvalue weighted by Crippen LogP contribution is 2.43. The van der Waals surface area contributed by atoms with Gasteiger partial charge in [-0.05, 0) is 25.7 Å². The van der Waals surface area contributed by atoms with Gasteiger partial charge >= 0.3 is 0 Å². The molecular formula is C13H20Cl2O2. The molecule has 0 amide bonds. The Hall–Kier alpha value is -0.0500. The van der Waals surface area contributed by atoms with Gasteiger partial charge in [-0.25, -0.2) is 0 Å². The van der Waals surface area contributed by atoms with Crippen molar-refractivity contribution in [3.63, 3.8) is 0 Å². The molecule has 0 saturated heterocycles. The number of halogens is 2. The van der Waals surface area contributed by atoms with Crippen LogP contribution < -0.4 is 0 Å². The van der Waals surface area contributed by atoms with Crippen molar-refractivity contribution in [3.8, 4) is 0 Å². The summed E-state index contributed by atoms with van der Waals surface area (Å²) in [6, 6.07) is 0. The molecule has 1 aliphatic rings. The van der Waals surface area contributed by atoms with Gasteiger partial charge in [0, 0.05) is 6.42 Å². The number of ketones is 1. The minimum atomic E-state index is -1.40. The first kappa shape index (κ1) is 15.0. The number of hydrogen-bond acceptors (Lipinski definition) is 2. The summed E-state index contributed by atoms with van der Waals surface area (Å²) in [6.07, 6.45) is 9.41. The molecule has 1 unspecified atom stereocenters. The molecule has 1 saturated carbocycles. The molecule has 4 heteroatoms. The Labute approximate surface area is 113 Å². The quantitative estimate of drug-likeness (QED) is 0.456. The maximum Gasteiger partial charge on any atom is 0.200 e. The van der Waals surface area contributed by atoms with Crippen molar-refractivity contribution in [2.24, 2.45) is 0 Å². The zero-order valence-electron chi connectivity index (χ0n) is 10.2. The summed E-state index contributed by atoms with van der Waals surface area (Å²) in [6.45, 7) is 2.16. The molecular weight excluding hydrogens is 259 g/mol. The SMILES string of the molecule is CCCCC/C=C\CC1(O)CCC(Cl)(Cl)C1=O. The number of aliphatic hydroxyl groups is 1. The minimum absolute atomic E-state index is 0.319. The lowest BCUT2D eigenvalue weighted by Crippen LogP contribution is -2.38. The van der Waals surface area contributed by atoms with Crippen molar-refractivity contribution >= 4 is 29.0 Å². The van der Waals surface area contributed by atoms with Crippen LogP contribution in [0.25, 0.3) is 0 Å². The van der Waals surface area contributed by atoms with E-state index in [0.717, 1.165) is 12.8 Å². The predicted molar refractivity (Wildman–Crippen MR) is 71.5 cm³/mol. The molecule has 0 bridgehead atoms. The Kier molecular flexibility index (Phi) is 5.49. The van der Waals surface area contributed by atoms with Gasteiger partial charge in [0.15, 0.2) is 10.1 Å². The highest BCUT2D eigenvalue weighted by molar-refractivity contribution is 6.59. The maximum atomic E-state index is 11.8. The molecule has 0 radical (unpaired) electrons. The van der Waals surface area contributed by atoms with E-state index in [-0.39, 0.29) is 0 Å². The van der Waals surface area contributed by atoms with Crippen LogP contribution in [-0.2, 0) is 4.79 Å². The zero-order chi connectivity index (χ0) is 12.9. The van der Waals surface area contributed by atoms with E-state index in [2.05, 4.69) is 6.92 Å². The molecule has 0 aromatic heterocycles. The van der Waals surface area contributed by atoms with Crippen LogP contribution in [0.4, 0.5) is 0 Å². The summed E-state index contributed by atoms with van der Waals surface area (Å²) in [4.78, 5) is 11.8. The summed E-state index contributed by atoms with van der Waals surface area (Å²) in [5.74, 6) is -0.452. The third kappa shape index (κ3) is 3.97. The summed E-state index contributed by atoms with van der Waals surface area (Å²) in [5, 5.41) is 10.1. The van der Waals surface area contributed by atoms with Gasteiger partial charge in [0.1, 0.15) is 5.60 Å². The van der Waals surface area contributed by atoms with Crippen LogP contribution in [0.1, 0.15) is 51.9 Å². The molecule has 2 nitrogen and oxygen atoms in total. The van der Waals surface area contributed by atoms with Gasteiger partial charge in [0.05, 0.1) is 0 Å². The highest BCUT2D eigenvalue weighted by Gasteiger charge is 2.53. The van der Waals surface area contributed by atoms with E-state index < -0.39 is 15.7 Å².